The number of nitrogens with zero attached hydrogens (tertiary/aromatic N) is 3. The number of benzene rings is 1. The summed E-state index contributed by atoms with van der Waals surface area (Å²) in [6.45, 7) is 6.71. The molecule has 0 atom stereocenters. The third-order valence-corrected chi connectivity index (χ3v) is 4.83. The molecule has 0 spiro atoms. The maximum atomic E-state index is 14.3. The van der Waals surface area contributed by atoms with E-state index in [0.717, 1.165) is 12.8 Å². The van der Waals surface area contributed by atoms with Crippen molar-refractivity contribution in [3.8, 4) is 17.1 Å². The van der Waals surface area contributed by atoms with E-state index in [4.69, 9.17) is 4.74 Å². The number of hydrogen-bond acceptors (Lipinski definition) is 5. The number of aromatic nitrogens is 2. The van der Waals surface area contributed by atoms with E-state index in [2.05, 4.69) is 9.97 Å². The second-order valence-electron chi connectivity index (χ2n) is 8.05. The summed E-state index contributed by atoms with van der Waals surface area (Å²) < 4.78 is 20.2. The maximum absolute atomic E-state index is 14.3. The number of likely N-dealkylation sites (tertiary alicyclic amines) is 1. The largest absolute Gasteiger partial charge is 0.460 e. The van der Waals surface area contributed by atoms with E-state index in [9.17, 15) is 14.3 Å². The van der Waals surface area contributed by atoms with Crippen molar-refractivity contribution < 1.29 is 19.0 Å². The van der Waals surface area contributed by atoms with E-state index in [-0.39, 0.29) is 35.6 Å². The molecule has 0 bridgehead atoms. The van der Waals surface area contributed by atoms with Crippen LogP contribution in [0.1, 0.15) is 39.2 Å². The van der Waals surface area contributed by atoms with Gasteiger partial charge in [0, 0.05) is 60.4 Å². The Balaban J connectivity index is 1.61. The van der Waals surface area contributed by atoms with Crippen LogP contribution in [-0.2, 0) is 11.4 Å². The monoisotopic (exact) mass is 387 g/mol. The predicted octanol–water partition coefficient (Wildman–Crippen LogP) is 3.19. The number of piperidine rings is 1. The van der Waals surface area contributed by atoms with Gasteiger partial charge in [-0.25, -0.2) is 14.4 Å². The predicted molar refractivity (Wildman–Crippen MR) is 103 cm³/mol. The van der Waals surface area contributed by atoms with Crippen LogP contribution in [0.2, 0.25) is 0 Å². The van der Waals surface area contributed by atoms with Crippen LogP contribution in [0.5, 0.6) is 6.01 Å². The Morgan fingerprint density at radius 2 is 1.89 bits per heavy atom. The SMILES string of the molecule is CC(C)(C)C(=O)N1CCC(Oc2ncc(-c3cccc(CO)c3F)cn2)CC1. The van der Waals surface area contributed by atoms with Gasteiger partial charge in [0.15, 0.2) is 0 Å². The first kappa shape index (κ1) is 20.2. The molecule has 1 aliphatic rings. The Kier molecular flexibility index (Phi) is 5.93. The Morgan fingerprint density at radius 3 is 2.46 bits per heavy atom. The highest BCUT2D eigenvalue weighted by molar-refractivity contribution is 5.81. The highest BCUT2D eigenvalue weighted by Gasteiger charge is 2.31. The molecule has 1 saturated heterocycles. The van der Waals surface area contributed by atoms with Crippen LogP contribution < -0.4 is 4.74 Å². The normalized spacial score (nSPS) is 15.5. The van der Waals surface area contributed by atoms with Gasteiger partial charge in [-0.15, -0.1) is 0 Å². The number of amides is 1. The summed E-state index contributed by atoms with van der Waals surface area (Å²) in [7, 11) is 0. The molecule has 6 nitrogen and oxygen atoms in total. The van der Waals surface area contributed by atoms with Crippen LogP contribution in [0.15, 0.2) is 30.6 Å². The molecule has 1 fully saturated rings. The summed E-state index contributed by atoms with van der Waals surface area (Å²) in [5, 5.41) is 9.20. The van der Waals surface area contributed by atoms with E-state index in [1.165, 1.54) is 18.5 Å². The molecule has 0 aliphatic carbocycles. The Bertz CT molecular complexity index is 826. The van der Waals surface area contributed by atoms with Crippen LogP contribution in [0.4, 0.5) is 4.39 Å². The van der Waals surface area contributed by atoms with Gasteiger partial charge in [-0.2, -0.15) is 0 Å². The van der Waals surface area contributed by atoms with Gasteiger partial charge in [-0.05, 0) is 0 Å². The number of aliphatic hydroxyl groups excluding tert-OH is 1. The zero-order valence-electron chi connectivity index (χ0n) is 16.5. The van der Waals surface area contributed by atoms with E-state index < -0.39 is 5.82 Å². The minimum atomic E-state index is -0.474. The molecule has 0 radical (unpaired) electrons. The van der Waals surface area contributed by atoms with Gasteiger partial charge >= 0.3 is 6.01 Å². The number of ether oxygens (including phenoxy) is 1. The van der Waals surface area contributed by atoms with Crippen LogP contribution in [-0.4, -0.2) is 45.1 Å². The summed E-state index contributed by atoms with van der Waals surface area (Å²) in [6, 6.07) is 5.08. The lowest BCUT2D eigenvalue weighted by Gasteiger charge is -2.35. The van der Waals surface area contributed by atoms with Crippen LogP contribution in [0.3, 0.4) is 0 Å². The lowest BCUT2D eigenvalue weighted by Crippen LogP contribution is -2.46. The number of halogens is 1. The van der Waals surface area contributed by atoms with Gasteiger partial charge in [0.1, 0.15) is 11.9 Å². The summed E-state index contributed by atoms with van der Waals surface area (Å²) in [5.74, 6) is -0.322. The lowest BCUT2D eigenvalue weighted by molar-refractivity contribution is -0.141. The van der Waals surface area contributed by atoms with Crippen molar-refractivity contribution in [1.82, 2.24) is 14.9 Å². The summed E-state index contributed by atoms with van der Waals surface area (Å²) in [6.07, 6.45) is 4.42. The van der Waals surface area contributed by atoms with Crippen molar-refractivity contribution in [2.45, 2.75) is 46.3 Å². The summed E-state index contributed by atoms with van der Waals surface area (Å²) >= 11 is 0. The first-order valence-electron chi connectivity index (χ1n) is 9.46. The molecule has 1 amide bonds. The Labute approximate surface area is 164 Å². The molecule has 3 rings (SSSR count). The van der Waals surface area contributed by atoms with Crippen molar-refractivity contribution in [1.29, 1.82) is 0 Å². The molecule has 1 N–H and O–H groups in total. The van der Waals surface area contributed by atoms with Gasteiger partial charge in [0.2, 0.25) is 5.91 Å². The minimum Gasteiger partial charge on any atom is -0.460 e. The fraction of sp³-hybridized carbons (Fsp3) is 0.476. The fourth-order valence-corrected chi connectivity index (χ4v) is 3.24. The third kappa shape index (κ3) is 4.47. The molecule has 2 heterocycles. The zero-order valence-corrected chi connectivity index (χ0v) is 16.5. The quantitative estimate of drug-likeness (QED) is 0.872. The molecular formula is C21H26FN3O3. The number of hydrogen-bond donors (Lipinski definition) is 1. The molecule has 0 saturated carbocycles. The Morgan fingerprint density at radius 1 is 1.25 bits per heavy atom. The standard InChI is InChI=1S/C21H26FN3O3/c1-21(2,3)19(27)25-9-7-16(8-10-25)28-20-23-11-15(12-24-20)17-6-4-5-14(13-26)18(17)22/h4-6,11-12,16,26H,7-10,13H2,1-3H3. The van der Waals surface area contributed by atoms with Gasteiger partial charge in [0.05, 0.1) is 6.61 Å². The molecule has 1 aliphatic heterocycles. The zero-order chi connectivity index (χ0) is 20.3. The molecule has 28 heavy (non-hydrogen) atoms. The van der Waals surface area contributed by atoms with Crippen LogP contribution >= 0.6 is 0 Å². The van der Waals surface area contributed by atoms with Crippen LogP contribution in [0.25, 0.3) is 11.1 Å². The van der Waals surface area contributed by atoms with Crippen molar-refractivity contribution in [2.24, 2.45) is 5.41 Å². The number of carbonyl (C=O) groups is 1. The second-order valence-corrected chi connectivity index (χ2v) is 8.05. The highest BCUT2D eigenvalue weighted by Crippen LogP contribution is 2.26. The van der Waals surface area contributed by atoms with E-state index in [1.54, 1.807) is 12.1 Å². The maximum Gasteiger partial charge on any atom is 0.316 e. The van der Waals surface area contributed by atoms with Gasteiger partial charge < -0.3 is 14.7 Å². The molecule has 7 heteroatoms. The van der Waals surface area contributed by atoms with E-state index in [0.29, 0.717) is 24.2 Å². The molecule has 150 valence electrons. The average Bonchev–Trinajstić information content (AvgIpc) is 2.68. The van der Waals surface area contributed by atoms with Gasteiger partial charge in [-0.3, -0.25) is 4.79 Å². The summed E-state index contributed by atoms with van der Waals surface area (Å²) in [4.78, 5) is 22.6. The highest BCUT2D eigenvalue weighted by atomic mass is 19.1. The number of carbonyl (C=O) groups excluding carboxylic acids is 1. The molecule has 1 aromatic heterocycles. The van der Waals surface area contributed by atoms with Crippen molar-refractivity contribution in [2.75, 3.05) is 13.1 Å². The number of rotatable bonds is 4. The molecule has 0 unspecified atom stereocenters. The number of aliphatic hydroxyl groups is 1. The van der Waals surface area contributed by atoms with Crippen molar-refractivity contribution >= 4 is 5.91 Å². The molecular weight excluding hydrogens is 361 g/mol. The molecule has 1 aromatic carbocycles. The first-order chi connectivity index (χ1) is 13.3. The minimum absolute atomic E-state index is 0.0516. The van der Waals surface area contributed by atoms with Crippen LogP contribution in [0, 0.1) is 11.2 Å². The van der Waals surface area contributed by atoms with E-state index >= 15 is 0 Å². The molecule has 2 aromatic rings. The fourth-order valence-electron chi connectivity index (χ4n) is 3.24. The Hall–Kier alpha value is -2.54. The van der Waals surface area contributed by atoms with Gasteiger partial charge in [0.25, 0.3) is 0 Å². The van der Waals surface area contributed by atoms with Gasteiger partial charge in [-0.1, -0.05) is 39.0 Å². The average molecular weight is 387 g/mol. The van der Waals surface area contributed by atoms with Crippen molar-refractivity contribution in [3.63, 3.8) is 0 Å². The van der Waals surface area contributed by atoms with E-state index in [1.807, 2.05) is 25.7 Å². The topological polar surface area (TPSA) is 75.6 Å². The van der Waals surface area contributed by atoms with Crippen molar-refractivity contribution in [3.05, 3.63) is 42.0 Å². The second kappa shape index (κ2) is 8.22. The smallest absolute Gasteiger partial charge is 0.316 e. The summed E-state index contributed by atoms with van der Waals surface area (Å²) in [5.41, 5.74) is 0.710. The first-order valence-corrected chi connectivity index (χ1v) is 9.46. The lowest BCUT2D eigenvalue weighted by atomic mass is 9.93. The third-order valence-electron chi connectivity index (χ3n) is 4.83.